The topological polar surface area (TPSA) is 24.5 Å². The van der Waals surface area contributed by atoms with E-state index in [0.29, 0.717) is 12.1 Å². The van der Waals surface area contributed by atoms with Gasteiger partial charge in [0.15, 0.2) is 0 Å². The van der Waals surface area contributed by atoms with Crippen LogP contribution in [0.1, 0.15) is 44.4 Å². The van der Waals surface area contributed by atoms with Gasteiger partial charge >= 0.3 is 0 Å². The third-order valence-corrected chi connectivity index (χ3v) is 4.49. The molecule has 2 rings (SSSR count). The van der Waals surface area contributed by atoms with Crippen LogP contribution in [0.15, 0.2) is 24.3 Å². The molecule has 1 fully saturated rings. The van der Waals surface area contributed by atoms with Crippen LogP contribution in [0.4, 0.5) is 0 Å². The highest BCUT2D eigenvalue weighted by Crippen LogP contribution is 2.22. The Morgan fingerprint density at radius 2 is 1.90 bits per heavy atom. The Kier molecular flexibility index (Phi) is 6.68. The normalized spacial score (nSPS) is 20.0. The molecule has 0 amide bonds. The molecule has 118 valence electrons. The Balaban J connectivity index is 2.11. The van der Waals surface area contributed by atoms with Gasteiger partial charge in [0.2, 0.25) is 0 Å². The number of hydrogen-bond donors (Lipinski definition) is 1. The summed E-state index contributed by atoms with van der Waals surface area (Å²) in [7, 11) is 0. The first-order chi connectivity index (χ1) is 10.3. The van der Waals surface area contributed by atoms with Crippen molar-refractivity contribution in [1.82, 2.24) is 10.2 Å². The lowest BCUT2D eigenvalue weighted by atomic mass is 9.97. The van der Waals surface area contributed by atoms with Gasteiger partial charge in [-0.3, -0.25) is 4.90 Å². The highest BCUT2D eigenvalue weighted by atomic mass is 16.5. The van der Waals surface area contributed by atoms with Gasteiger partial charge in [-0.15, -0.1) is 0 Å². The zero-order valence-corrected chi connectivity index (χ0v) is 13.8. The van der Waals surface area contributed by atoms with Gasteiger partial charge in [0.25, 0.3) is 0 Å². The van der Waals surface area contributed by atoms with Crippen molar-refractivity contribution in [1.29, 1.82) is 0 Å². The van der Waals surface area contributed by atoms with Crippen LogP contribution in [-0.2, 0) is 11.2 Å². The fourth-order valence-corrected chi connectivity index (χ4v) is 3.13. The van der Waals surface area contributed by atoms with Crippen molar-refractivity contribution in [3.8, 4) is 0 Å². The molecule has 1 aliphatic heterocycles. The maximum atomic E-state index is 5.59. The summed E-state index contributed by atoms with van der Waals surface area (Å²) in [5.74, 6) is 0. The first-order valence-corrected chi connectivity index (χ1v) is 8.40. The molecule has 1 saturated heterocycles. The Bertz CT molecular complexity index is 396. The standard InChI is InChI=1S/C18H30N2O/c1-4-16-7-9-17(10-8-16)18(19-5-2)15(3)20-11-6-13-21-14-12-20/h7-10,15,18-19H,4-6,11-14H2,1-3H3. The van der Waals surface area contributed by atoms with Crippen molar-refractivity contribution in [3.63, 3.8) is 0 Å². The van der Waals surface area contributed by atoms with Gasteiger partial charge in [-0.25, -0.2) is 0 Å². The van der Waals surface area contributed by atoms with E-state index >= 15 is 0 Å². The number of rotatable bonds is 6. The minimum atomic E-state index is 0.388. The lowest BCUT2D eigenvalue weighted by Gasteiger charge is -2.34. The van der Waals surface area contributed by atoms with E-state index in [1.54, 1.807) is 0 Å². The molecule has 1 aromatic rings. The fourth-order valence-electron chi connectivity index (χ4n) is 3.13. The van der Waals surface area contributed by atoms with Crippen molar-refractivity contribution in [2.45, 2.75) is 45.7 Å². The highest BCUT2D eigenvalue weighted by molar-refractivity contribution is 5.26. The predicted octanol–water partition coefficient (Wildman–Crippen LogP) is 3.01. The van der Waals surface area contributed by atoms with Crippen molar-refractivity contribution < 1.29 is 4.74 Å². The molecule has 1 aliphatic rings. The zero-order valence-electron chi connectivity index (χ0n) is 13.8. The largest absolute Gasteiger partial charge is 0.380 e. The summed E-state index contributed by atoms with van der Waals surface area (Å²) in [5.41, 5.74) is 2.80. The summed E-state index contributed by atoms with van der Waals surface area (Å²) in [5, 5.41) is 3.67. The van der Waals surface area contributed by atoms with E-state index in [4.69, 9.17) is 4.74 Å². The van der Waals surface area contributed by atoms with E-state index in [1.807, 2.05) is 0 Å². The molecular formula is C18H30N2O. The van der Waals surface area contributed by atoms with Gasteiger partial charge in [-0.2, -0.15) is 0 Å². The van der Waals surface area contributed by atoms with Gasteiger partial charge in [0.05, 0.1) is 6.61 Å². The number of benzene rings is 1. The van der Waals surface area contributed by atoms with Crippen LogP contribution in [0.2, 0.25) is 0 Å². The summed E-state index contributed by atoms with van der Waals surface area (Å²) >= 11 is 0. The summed E-state index contributed by atoms with van der Waals surface area (Å²) < 4.78 is 5.59. The lowest BCUT2D eigenvalue weighted by Crippen LogP contribution is -2.44. The van der Waals surface area contributed by atoms with Crippen LogP contribution in [0.25, 0.3) is 0 Å². The van der Waals surface area contributed by atoms with E-state index in [9.17, 15) is 0 Å². The predicted molar refractivity (Wildman–Crippen MR) is 88.7 cm³/mol. The Morgan fingerprint density at radius 3 is 2.57 bits per heavy atom. The molecule has 2 unspecified atom stereocenters. The van der Waals surface area contributed by atoms with Crippen molar-refractivity contribution in [3.05, 3.63) is 35.4 Å². The van der Waals surface area contributed by atoms with Crippen LogP contribution in [0.3, 0.4) is 0 Å². The first-order valence-electron chi connectivity index (χ1n) is 8.40. The van der Waals surface area contributed by atoms with E-state index in [1.165, 1.54) is 11.1 Å². The van der Waals surface area contributed by atoms with Crippen LogP contribution in [0.5, 0.6) is 0 Å². The average Bonchev–Trinajstić information content (AvgIpc) is 2.81. The molecule has 0 radical (unpaired) electrons. The molecule has 0 bridgehead atoms. The van der Waals surface area contributed by atoms with E-state index in [0.717, 1.165) is 45.7 Å². The lowest BCUT2D eigenvalue weighted by molar-refractivity contribution is 0.125. The molecular weight excluding hydrogens is 260 g/mol. The Labute approximate surface area is 129 Å². The zero-order chi connectivity index (χ0) is 15.1. The average molecular weight is 290 g/mol. The van der Waals surface area contributed by atoms with Crippen molar-refractivity contribution >= 4 is 0 Å². The van der Waals surface area contributed by atoms with Crippen LogP contribution < -0.4 is 5.32 Å². The van der Waals surface area contributed by atoms with Gasteiger partial charge in [-0.1, -0.05) is 38.1 Å². The van der Waals surface area contributed by atoms with Gasteiger partial charge in [0, 0.05) is 31.8 Å². The monoisotopic (exact) mass is 290 g/mol. The third kappa shape index (κ3) is 4.53. The second-order valence-electron chi connectivity index (χ2n) is 5.87. The molecule has 1 N–H and O–H groups in total. The third-order valence-electron chi connectivity index (χ3n) is 4.49. The maximum Gasteiger partial charge on any atom is 0.0593 e. The number of hydrogen-bond acceptors (Lipinski definition) is 3. The number of aryl methyl sites for hydroxylation is 1. The highest BCUT2D eigenvalue weighted by Gasteiger charge is 2.25. The molecule has 1 heterocycles. The van der Waals surface area contributed by atoms with Crippen LogP contribution in [0, 0.1) is 0 Å². The SMILES string of the molecule is CCNC(c1ccc(CC)cc1)C(C)N1CCCOCC1. The minimum Gasteiger partial charge on any atom is -0.380 e. The summed E-state index contributed by atoms with van der Waals surface area (Å²) in [6.45, 7) is 11.7. The van der Waals surface area contributed by atoms with E-state index in [-0.39, 0.29) is 0 Å². The van der Waals surface area contributed by atoms with Crippen LogP contribution in [-0.4, -0.2) is 43.8 Å². The number of ether oxygens (including phenoxy) is 1. The Hall–Kier alpha value is -0.900. The molecule has 21 heavy (non-hydrogen) atoms. The number of nitrogens with one attached hydrogen (secondary N) is 1. The van der Waals surface area contributed by atoms with E-state index < -0.39 is 0 Å². The maximum absolute atomic E-state index is 5.59. The molecule has 3 heteroatoms. The molecule has 2 atom stereocenters. The smallest absolute Gasteiger partial charge is 0.0593 e. The number of likely N-dealkylation sites (N-methyl/N-ethyl adjacent to an activating group) is 1. The van der Waals surface area contributed by atoms with Gasteiger partial charge in [0.1, 0.15) is 0 Å². The van der Waals surface area contributed by atoms with Crippen LogP contribution >= 0.6 is 0 Å². The molecule has 1 aromatic carbocycles. The molecule has 0 aromatic heterocycles. The van der Waals surface area contributed by atoms with E-state index in [2.05, 4.69) is 55.3 Å². The quantitative estimate of drug-likeness (QED) is 0.871. The van der Waals surface area contributed by atoms with Crippen molar-refractivity contribution in [2.75, 3.05) is 32.8 Å². The Morgan fingerprint density at radius 1 is 1.14 bits per heavy atom. The second kappa shape index (κ2) is 8.52. The second-order valence-corrected chi connectivity index (χ2v) is 5.87. The molecule has 0 aliphatic carbocycles. The molecule has 0 saturated carbocycles. The van der Waals surface area contributed by atoms with Gasteiger partial charge in [-0.05, 0) is 37.4 Å². The summed E-state index contributed by atoms with van der Waals surface area (Å²) in [6, 6.07) is 9.97. The molecule has 0 spiro atoms. The van der Waals surface area contributed by atoms with Crippen molar-refractivity contribution in [2.24, 2.45) is 0 Å². The number of nitrogens with zero attached hydrogens (tertiary/aromatic N) is 1. The minimum absolute atomic E-state index is 0.388. The fraction of sp³-hybridized carbons (Fsp3) is 0.667. The summed E-state index contributed by atoms with van der Waals surface area (Å²) in [6.07, 6.45) is 2.24. The van der Waals surface area contributed by atoms with Gasteiger partial charge < -0.3 is 10.1 Å². The first kappa shape index (κ1) is 16.5. The summed E-state index contributed by atoms with van der Waals surface area (Å²) in [4.78, 5) is 2.56. The molecule has 3 nitrogen and oxygen atoms in total.